The zero-order valence-electron chi connectivity index (χ0n) is 19.6. The summed E-state index contributed by atoms with van der Waals surface area (Å²) in [5.74, 6) is -0.685. The second kappa shape index (κ2) is 21.6. The largest absolute Gasteiger partial charge is 0.465 e. The minimum Gasteiger partial charge on any atom is -0.465 e. The van der Waals surface area contributed by atoms with Gasteiger partial charge in [-0.2, -0.15) is 0 Å². The summed E-state index contributed by atoms with van der Waals surface area (Å²) in [6.07, 6.45) is 20.9. The van der Waals surface area contributed by atoms with Crippen LogP contribution in [-0.2, 0) is 19.1 Å². The van der Waals surface area contributed by atoms with Crippen molar-refractivity contribution in [1.29, 1.82) is 0 Å². The maximum Gasteiger partial charge on any atom is 0.317 e. The second-order valence-corrected chi connectivity index (χ2v) is 8.78. The van der Waals surface area contributed by atoms with Crippen LogP contribution in [0, 0.1) is 5.92 Å². The standard InChI is InChI=1S/C25H48O4/c1-4-5-6-7-8-9-10-11-12-13-14-15-16-17-18-19-20-28-24(26)21-25(27)29-22-23(2)3/h23H,4-22H2,1-3H3. The third-order valence-corrected chi connectivity index (χ3v) is 5.13. The fourth-order valence-corrected chi connectivity index (χ4v) is 3.32. The van der Waals surface area contributed by atoms with E-state index < -0.39 is 11.9 Å². The minimum atomic E-state index is -0.490. The van der Waals surface area contributed by atoms with E-state index in [9.17, 15) is 9.59 Å². The van der Waals surface area contributed by atoms with Crippen LogP contribution in [0.5, 0.6) is 0 Å². The lowest BCUT2D eigenvalue weighted by molar-refractivity contribution is -0.155. The smallest absolute Gasteiger partial charge is 0.317 e. The van der Waals surface area contributed by atoms with E-state index in [1.54, 1.807) is 0 Å². The van der Waals surface area contributed by atoms with Gasteiger partial charge in [0.1, 0.15) is 6.42 Å². The molecule has 0 aliphatic rings. The molecule has 0 amide bonds. The number of carbonyl (C=O) groups is 2. The maximum atomic E-state index is 11.5. The van der Waals surface area contributed by atoms with Gasteiger partial charge in [-0.1, -0.05) is 117 Å². The predicted molar refractivity (Wildman–Crippen MR) is 121 cm³/mol. The molecule has 0 N–H and O–H groups in total. The van der Waals surface area contributed by atoms with Crippen molar-refractivity contribution in [3.63, 3.8) is 0 Å². The van der Waals surface area contributed by atoms with Crippen LogP contribution in [0.1, 0.15) is 130 Å². The van der Waals surface area contributed by atoms with Crippen molar-refractivity contribution < 1.29 is 19.1 Å². The lowest BCUT2D eigenvalue weighted by Crippen LogP contribution is -2.16. The van der Waals surface area contributed by atoms with Gasteiger partial charge in [0.2, 0.25) is 0 Å². The van der Waals surface area contributed by atoms with Crippen molar-refractivity contribution in [1.82, 2.24) is 0 Å². The lowest BCUT2D eigenvalue weighted by Gasteiger charge is -2.07. The van der Waals surface area contributed by atoms with Gasteiger partial charge in [-0.3, -0.25) is 9.59 Å². The molecule has 0 aliphatic heterocycles. The number of unbranched alkanes of at least 4 members (excludes halogenated alkanes) is 15. The van der Waals surface area contributed by atoms with E-state index in [-0.39, 0.29) is 12.3 Å². The van der Waals surface area contributed by atoms with Crippen LogP contribution in [0.3, 0.4) is 0 Å². The fourth-order valence-electron chi connectivity index (χ4n) is 3.32. The Labute approximate surface area is 180 Å². The van der Waals surface area contributed by atoms with Gasteiger partial charge in [0.15, 0.2) is 0 Å². The first-order valence-corrected chi connectivity index (χ1v) is 12.4. The highest BCUT2D eigenvalue weighted by atomic mass is 16.6. The van der Waals surface area contributed by atoms with Crippen LogP contribution in [0.4, 0.5) is 0 Å². The Balaban J connectivity index is 3.22. The average molecular weight is 413 g/mol. The Kier molecular flexibility index (Phi) is 20.9. The van der Waals surface area contributed by atoms with Gasteiger partial charge in [-0.05, 0) is 12.3 Å². The first-order valence-electron chi connectivity index (χ1n) is 12.4. The van der Waals surface area contributed by atoms with E-state index in [0.717, 1.165) is 12.8 Å². The SMILES string of the molecule is CCCCCCCCCCCCCCCCCCOC(=O)CC(=O)OCC(C)C. The highest BCUT2D eigenvalue weighted by Gasteiger charge is 2.12. The molecule has 0 radical (unpaired) electrons. The number of rotatable bonds is 21. The molecule has 172 valence electrons. The predicted octanol–water partition coefficient (Wildman–Crippen LogP) is 7.38. The van der Waals surface area contributed by atoms with Crippen molar-refractivity contribution in [3.8, 4) is 0 Å². The van der Waals surface area contributed by atoms with Gasteiger partial charge < -0.3 is 9.47 Å². The van der Waals surface area contributed by atoms with E-state index in [1.807, 2.05) is 13.8 Å². The molecular weight excluding hydrogens is 364 g/mol. The van der Waals surface area contributed by atoms with Gasteiger partial charge >= 0.3 is 11.9 Å². The Morgan fingerprint density at radius 1 is 0.586 bits per heavy atom. The quantitative estimate of drug-likeness (QED) is 0.112. The van der Waals surface area contributed by atoms with Crippen LogP contribution < -0.4 is 0 Å². The number of hydrogen-bond donors (Lipinski definition) is 0. The molecule has 0 aromatic carbocycles. The molecule has 0 aromatic heterocycles. The Morgan fingerprint density at radius 3 is 1.38 bits per heavy atom. The summed E-state index contributed by atoms with van der Waals surface area (Å²) in [5.41, 5.74) is 0. The van der Waals surface area contributed by atoms with Crippen LogP contribution in [-0.4, -0.2) is 25.2 Å². The molecule has 0 unspecified atom stereocenters. The number of hydrogen-bond acceptors (Lipinski definition) is 4. The summed E-state index contributed by atoms with van der Waals surface area (Å²) in [7, 11) is 0. The van der Waals surface area contributed by atoms with Gasteiger partial charge in [-0.15, -0.1) is 0 Å². The van der Waals surface area contributed by atoms with E-state index in [4.69, 9.17) is 9.47 Å². The molecule has 4 heteroatoms. The molecule has 0 heterocycles. The molecule has 0 aliphatic carbocycles. The van der Waals surface area contributed by atoms with Crippen LogP contribution >= 0.6 is 0 Å². The van der Waals surface area contributed by atoms with Crippen LogP contribution in [0.2, 0.25) is 0 Å². The molecule has 0 saturated heterocycles. The van der Waals surface area contributed by atoms with Crippen molar-refractivity contribution in [2.45, 2.75) is 130 Å². The Bertz CT molecular complexity index is 379. The van der Waals surface area contributed by atoms with Gasteiger partial charge in [-0.25, -0.2) is 0 Å². The average Bonchev–Trinajstić information content (AvgIpc) is 2.68. The normalized spacial score (nSPS) is 11.0. The van der Waals surface area contributed by atoms with Gasteiger partial charge in [0, 0.05) is 0 Å². The molecule has 0 bridgehead atoms. The minimum absolute atomic E-state index is 0.272. The summed E-state index contributed by atoms with van der Waals surface area (Å²) in [6.45, 7) is 6.96. The monoisotopic (exact) mass is 412 g/mol. The van der Waals surface area contributed by atoms with Crippen molar-refractivity contribution in [3.05, 3.63) is 0 Å². The zero-order chi connectivity index (χ0) is 21.6. The highest BCUT2D eigenvalue weighted by Crippen LogP contribution is 2.13. The van der Waals surface area contributed by atoms with E-state index >= 15 is 0 Å². The summed E-state index contributed by atoms with van der Waals surface area (Å²) in [6, 6.07) is 0. The van der Waals surface area contributed by atoms with E-state index in [0.29, 0.717) is 13.2 Å². The molecule has 0 atom stereocenters. The van der Waals surface area contributed by atoms with Crippen LogP contribution in [0.15, 0.2) is 0 Å². The summed E-state index contributed by atoms with van der Waals surface area (Å²) >= 11 is 0. The number of ether oxygens (including phenoxy) is 2. The third kappa shape index (κ3) is 23.1. The summed E-state index contributed by atoms with van der Waals surface area (Å²) in [4.78, 5) is 23.0. The maximum absolute atomic E-state index is 11.5. The van der Waals surface area contributed by atoms with Crippen molar-refractivity contribution in [2.75, 3.05) is 13.2 Å². The lowest BCUT2D eigenvalue weighted by atomic mass is 10.0. The topological polar surface area (TPSA) is 52.6 Å². The van der Waals surface area contributed by atoms with Gasteiger partial charge in [0.05, 0.1) is 13.2 Å². The van der Waals surface area contributed by atoms with Gasteiger partial charge in [0.25, 0.3) is 0 Å². The molecular formula is C25H48O4. The van der Waals surface area contributed by atoms with Crippen LogP contribution in [0.25, 0.3) is 0 Å². The van der Waals surface area contributed by atoms with E-state index in [2.05, 4.69) is 6.92 Å². The molecule has 29 heavy (non-hydrogen) atoms. The summed E-state index contributed by atoms with van der Waals surface area (Å²) in [5, 5.41) is 0. The molecule has 0 spiro atoms. The zero-order valence-corrected chi connectivity index (χ0v) is 19.6. The highest BCUT2D eigenvalue weighted by molar-refractivity contribution is 5.91. The second-order valence-electron chi connectivity index (χ2n) is 8.78. The fraction of sp³-hybridized carbons (Fsp3) is 0.920. The molecule has 4 nitrogen and oxygen atoms in total. The molecule has 0 aromatic rings. The first kappa shape index (κ1) is 27.9. The third-order valence-electron chi connectivity index (χ3n) is 5.13. The first-order chi connectivity index (χ1) is 14.1. The van der Waals surface area contributed by atoms with Crippen molar-refractivity contribution in [2.24, 2.45) is 5.92 Å². The Morgan fingerprint density at radius 2 is 0.966 bits per heavy atom. The molecule has 0 saturated carbocycles. The molecule has 0 fully saturated rings. The summed E-state index contributed by atoms with van der Waals surface area (Å²) < 4.78 is 10.1. The number of carbonyl (C=O) groups excluding carboxylic acids is 2. The Hall–Kier alpha value is -1.06. The molecule has 0 rings (SSSR count). The number of esters is 2. The van der Waals surface area contributed by atoms with E-state index in [1.165, 1.54) is 89.9 Å². The van der Waals surface area contributed by atoms with Crippen molar-refractivity contribution >= 4 is 11.9 Å².